The van der Waals surface area contributed by atoms with E-state index in [4.69, 9.17) is 48.4 Å². The lowest BCUT2D eigenvalue weighted by Gasteiger charge is -2.36. The Morgan fingerprint density at radius 1 is 0.635 bits per heavy atom. The largest absolute Gasteiger partial charge is 0.508 e. The third-order valence-corrected chi connectivity index (χ3v) is 18.9. The number of rotatable bonds is 49. The lowest BCUT2D eigenvalue weighted by Crippen LogP contribution is -2.61. The first-order chi connectivity index (χ1) is 49.9. The summed E-state index contributed by atoms with van der Waals surface area (Å²) in [5.74, 6) is -7.43. The molecule has 16 atom stereocenters. The number of phenols is 1. The van der Waals surface area contributed by atoms with E-state index >= 15 is 4.79 Å². The second-order valence-corrected chi connectivity index (χ2v) is 27.6. The van der Waals surface area contributed by atoms with Crippen LogP contribution in [0.1, 0.15) is 161 Å². The first kappa shape index (κ1) is 90.8. The van der Waals surface area contributed by atoms with E-state index in [2.05, 4.69) is 48.6 Å². The molecule has 3 heterocycles. The van der Waals surface area contributed by atoms with Crippen molar-refractivity contribution in [3.8, 4) is 5.75 Å². The number of nitrogens with two attached hydrogens (primary N) is 1. The van der Waals surface area contributed by atoms with Crippen molar-refractivity contribution in [3.63, 3.8) is 0 Å². The number of benzene rings is 1. The zero-order valence-corrected chi connectivity index (χ0v) is 62.0. The topological polar surface area (TPSA) is 445 Å². The Labute approximate surface area is 613 Å². The second kappa shape index (κ2) is 51.6. The summed E-state index contributed by atoms with van der Waals surface area (Å²) in [4.78, 5) is 102. The molecule has 3 saturated heterocycles. The number of primary amides is 1. The molecule has 0 radical (unpaired) electrons. The molecule has 596 valence electrons. The summed E-state index contributed by atoms with van der Waals surface area (Å²) in [5.41, 5.74) is 5.17. The van der Waals surface area contributed by atoms with E-state index in [9.17, 15) is 69.6 Å². The van der Waals surface area contributed by atoms with E-state index in [-0.39, 0.29) is 43.7 Å². The van der Waals surface area contributed by atoms with Crippen LogP contribution in [0.3, 0.4) is 0 Å². The Kier molecular flexibility index (Phi) is 45.1. The van der Waals surface area contributed by atoms with Gasteiger partial charge in [0.25, 0.3) is 0 Å². The Morgan fingerprint density at radius 2 is 1.16 bits per heavy atom. The fourth-order valence-electron chi connectivity index (χ4n) is 12.8. The number of ketones is 1. The fourth-order valence-corrected chi connectivity index (χ4v) is 12.8. The van der Waals surface area contributed by atoms with Crippen LogP contribution in [0.15, 0.2) is 36.5 Å². The molecule has 31 nitrogen and oxygen atoms in total. The average molecular weight is 1480 g/mol. The second-order valence-electron chi connectivity index (χ2n) is 27.6. The molecular weight excluding hydrogens is 1360 g/mol. The molecule has 0 saturated carbocycles. The fraction of sp³-hybridized carbons (Fsp3) is 0.795. The number of carbonyl (C=O) groups excluding carboxylic acids is 7. The first-order valence-electron chi connectivity index (χ1n) is 37.4. The normalized spacial score (nSPS) is 24.3. The number of Topliss-reactive ketones (excluding diaryl/α,β-unsaturated/α-hetero) is 1. The van der Waals surface area contributed by atoms with Gasteiger partial charge >= 0.3 is 0 Å². The molecule has 3 fully saturated rings. The summed E-state index contributed by atoms with van der Waals surface area (Å²) < 4.78 is 49.8. The number of nitrogens with one attached hydrogen (secondary N) is 4. The molecule has 7 unspecified atom stereocenters. The lowest BCUT2D eigenvalue weighted by atomic mass is 9.85. The molecule has 4 rings (SSSR count). The molecule has 0 bridgehead atoms. The zero-order chi connectivity index (χ0) is 76.3. The van der Waals surface area contributed by atoms with E-state index in [1.807, 2.05) is 0 Å². The molecule has 3 aliphatic rings. The molecule has 3 aliphatic heterocycles. The Hall–Kier alpha value is -5.59. The van der Waals surface area contributed by atoms with E-state index in [1.54, 1.807) is 7.11 Å². The molecule has 31 heteroatoms. The van der Waals surface area contributed by atoms with Crippen molar-refractivity contribution in [1.82, 2.24) is 31.1 Å². The van der Waals surface area contributed by atoms with Crippen LogP contribution in [0.5, 0.6) is 5.75 Å². The van der Waals surface area contributed by atoms with E-state index < -0.39 is 158 Å². The van der Waals surface area contributed by atoms with E-state index in [0.29, 0.717) is 149 Å². The van der Waals surface area contributed by atoms with Gasteiger partial charge in [-0.2, -0.15) is 0 Å². The maximum Gasteiger partial charge on any atom is 0.248 e. The van der Waals surface area contributed by atoms with Crippen molar-refractivity contribution in [2.75, 3.05) is 126 Å². The van der Waals surface area contributed by atoms with Crippen LogP contribution in [0, 0.1) is 17.8 Å². The number of methoxy groups -OCH3 is 1. The van der Waals surface area contributed by atoms with Crippen molar-refractivity contribution in [3.05, 3.63) is 42.1 Å². The van der Waals surface area contributed by atoms with Gasteiger partial charge in [-0.05, 0) is 68.6 Å². The quantitative estimate of drug-likeness (QED) is 0.0406. The number of phenolic OH excluding ortho intramolecular Hbond substituents is 1. The minimum Gasteiger partial charge on any atom is -0.508 e. The molecule has 6 amide bonds. The molecule has 1 aromatic rings. The first-order valence-corrected chi connectivity index (χ1v) is 37.4. The third-order valence-electron chi connectivity index (χ3n) is 18.9. The van der Waals surface area contributed by atoms with Crippen molar-refractivity contribution < 1.29 is 117 Å². The predicted octanol–water partition coefficient (Wildman–Crippen LogP) is 1.08. The predicted molar refractivity (Wildman–Crippen MR) is 381 cm³/mol. The number of unbranched alkanes of at least 4 members (excludes halogenated alkanes) is 8. The highest BCUT2D eigenvalue weighted by Crippen LogP contribution is 2.33. The molecule has 0 aromatic heterocycles. The van der Waals surface area contributed by atoms with Gasteiger partial charge in [-0.1, -0.05) is 97.3 Å². The number of hydrogen-bond acceptors (Lipinski definition) is 25. The van der Waals surface area contributed by atoms with Crippen LogP contribution in [0.25, 0.3) is 0 Å². The number of fused-ring (bicyclic) bond motifs is 2. The molecule has 104 heavy (non-hydrogen) atoms. The number of amides is 6. The number of hydrogen-bond donors (Lipinski definition) is 13. The zero-order valence-electron chi connectivity index (χ0n) is 62.0. The standard InChI is InChI=1S/C73H125N7O24/c1-7-48(2)42-49(3)18-14-10-8-9-11-15-19-63(89)76-56-45-61(87)71(104-27-17-13-12-16-26-97-30-31-99-34-35-101-38-39-103-41-40-102-37-36-100-33-32-98-29-28-96-6)78-70(93)66-58(84)24-25-79(66)73(95)65(60(86)46-62(74)88)75-50(4)55(68(91)67(90)52-20-22-53(82)23-21-52)44-59(85)57-43-54(83)47-80(57)72(94)64(51(5)81)77-69(56)92/h20-23,48-49,51,54-58,60-61,64-68,71,75,81-84,86-87,90-91H,4,7-19,24-47H2,1-3,5-6H3,(H2,74,88)(H,76,89)(H,77,92)(H,78,93)/t48?,49?,51-,54-,55?,56+,57?,58+,60-,61-,64?,65?,66?,67+,68+,71-/m1/s1. The van der Waals surface area contributed by atoms with Gasteiger partial charge in [-0.3, -0.25) is 33.6 Å². The minimum absolute atomic E-state index is 0.0367. The number of aliphatic hydroxyl groups is 7. The van der Waals surface area contributed by atoms with Gasteiger partial charge in [0.15, 0.2) is 12.0 Å². The number of carbonyl (C=O) groups is 7. The Balaban J connectivity index is 1.52. The molecule has 1 aromatic carbocycles. The monoisotopic (exact) mass is 1480 g/mol. The molecular formula is C73H125N7O24. The average Bonchev–Trinajstić information content (AvgIpc) is 1.59. The van der Waals surface area contributed by atoms with Gasteiger partial charge in [0.05, 0.1) is 135 Å². The van der Waals surface area contributed by atoms with Crippen LogP contribution >= 0.6 is 0 Å². The van der Waals surface area contributed by atoms with Gasteiger partial charge in [0, 0.05) is 70.7 Å². The van der Waals surface area contributed by atoms with Crippen molar-refractivity contribution in [1.29, 1.82) is 0 Å². The SMILES string of the molecule is C=C1NC([C@H](O)CC(N)=O)C(=O)N2CC[C@H](O)C2C(=O)N[C@H](OCCCCCCOCCOCCOCCOCCOCCOCCOCCOC)[C@H](O)C[C@H](NC(=O)CCCCCCCCC(C)CC(C)CC)C(=O)NC([C@@H](C)O)C(=O)N2C[C@H](O)CC2C(=O)CC1[C@H](O)[C@@H](O)c1ccc(O)cc1. The molecule has 0 aliphatic carbocycles. The van der Waals surface area contributed by atoms with Crippen LogP contribution in [-0.2, 0) is 76.2 Å². The van der Waals surface area contributed by atoms with Crippen LogP contribution in [0.2, 0.25) is 0 Å². The summed E-state index contributed by atoms with van der Waals surface area (Å²) in [6.45, 7) is 17.4. The van der Waals surface area contributed by atoms with Crippen molar-refractivity contribution in [2.24, 2.45) is 23.5 Å². The third kappa shape index (κ3) is 34.1. The number of ether oxygens (including phenoxy) is 9. The number of nitrogens with zero attached hydrogens (tertiary/aromatic N) is 2. The van der Waals surface area contributed by atoms with Crippen LogP contribution < -0.4 is 27.0 Å². The van der Waals surface area contributed by atoms with Crippen molar-refractivity contribution >= 4 is 41.2 Å². The summed E-state index contributed by atoms with van der Waals surface area (Å²) >= 11 is 0. The van der Waals surface area contributed by atoms with E-state index in [1.165, 1.54) is 37.6 Å². The van der Waals surface area contributed by atoms with Crippen LogP contribution in [-0.4, -0.2) is 291 Å². The molecule has 0 spiro atoms. The highest BCUT2D eigenvalue weighted by Gasteiger charge is 2.48. The Morgan fingerprint density at radius 3 is 1.72 bits per heavy atom. The van der Waals surface area contributed by atoms with Crippen LogP contribution in [0.4, 0.5) is 0 Å². The van der Waals surface area contributed by atoms with Gasteiger partial charge in [-0.25, -0.2) is 0 Å². The smallest absolute Gasteiger partial charge is 0.248 e. The lowest BCUT2D eigenvalue weighted by molar-refractivity contribution is -0.148. The van der Waals surface area contributed by atoms with Gasteiger partial charge in [-0.15, -0.1) is 0 Å². The van der Waals surface area contributed by atoms with Crippen molar-refractivity contribution in [2.45, 2.75) is 229 Å². The van der Waals surface area contributed by atoms with Gasteiger partial charge in [0.2, 0.25) is 35.4 Å². The summed E-state index contributed by atoms with van der Waals surface area (Å²) in [7, 11) is 1.62. The summed E-state index contributed by atoms with van der Waals surface area (Å²) in [6, 6.07) is -3.84. The maximum absolute atomic E-state index is 15.0. The summed E-state index contributed by atoms with van der Waals surface area (Å²) in [6.07, 6.45) is -6.38. The highest BCUT2D eigenvalue weighted by molar-refractivity contribution is 5.96. The minimum atomic E-state index is -2.02. The Bertz CT molecular complexity index is 2630. The van der Waals surface area contributed by atoms with E-state index in [0.717, 1.165) is 48.3 Å². The number of aromatic hydroxyl groups is 1. The maximum atomic E-state index is 15.0. The highest BCUT2D eigenvalue weighted by atomic mass is 16.6. The number of aliphatic hydroxyl groups excluding tert-OH is 7. The molecule has 14 N–H and O–H groups in total. The summed E-state index contributed by atoms with van der Waals surface area (Å²) in [5, 5.41) is 102. The van der Waals surface area contributed by atoms with Gasteiger partial charge in [0.1, 0.15) is 42.1 Å². The van der Waals surface area contributed by atoms with Gasteiger partial charge < -0.3 is 120 Å².